The van der Waals surface area contributed by atoms with Crippen LogP contribution in [0.15, 0.2) is 156 Å². The van der Waals surface area contributed by atoms with Gasteiger partial charge in [0.2, 0.25) is 5.95 Å². The Bertz CT molecular complexity index is 3160. The van der Waals surface area contributed by atoms with Gasteiger partial charge >= 0.3 is 0 Å². The summed E-state index contributed by atoms with van der Waals surface area (Å²) in [5.74, 6) is 0.579. The van der Waals surface area contributed by atoms with Crippen molar-refractivity contribution in [1.29, 1.82) is 0 Å². The van der Waals surface area contributed by atoms with Crippen molar-refractivity contribution in [2.24, 2.45) is 0 Å². The average molecular weight is 640 g/mol. The van der Waals surface area contributed by atoms with Crippen LogP contribution in [0.4, 0.5) is 0 Å². The molecule has 6 heteroatoms. The van der Waals surface area contributed by atoms with Crippen LogP contribution in [0.5, 0.6) is 0 Å². The maximum absolute atomic E-state index is 6.56. The van der Waals surface area contributed by atoms with Crippen LogP contribution in [-0.2, 0) is 0 Å². The highest BCUT2D eigenvalue weighted by Crippen LogP contribution is 2.42. The first-order valence-corrected chi connectivity index (χ1v) is 16.6. The summed E-state index contributed by atoms with van der Waals surface area (Å²) >= 11 is 0. The molecular weight excluding hydrogens is 615 g/mol. The zero-order valence-corrected chi connectivity index (χ0v) is 26.6. The monoisotopic (exact) mass is 639 g/mol. The second-order valence-corrected chi connectivity index (χ2v) is 12.6. The summed E-state index contributed by atoms with van der Waals surface area (Å²) < 4.78 is 8.64. The second-order valence-electron chi connectivity index (χ2n) is 12.6. The number of aromatic nitrogens is 5. The van der Waals surface area contributed by atoms with E-state index in [9.17, 15) is 0 Å². The summed E-state index contributed by atoms with van der Waals surface area (Å²) in [4.78, 5) is 20.5. The summed E-state index contributed by atoms with van der Waals surface area (Å²) in [6.45, 7) is 0. The fourth-order valence-corrected chi connectivity index (χ4v) is 7.61. The lowest BCUT2D eigenvalue weighted by Crippen LogP contribution is -2.04. The van der Waals surface area contributed by atoms with Crippen LogP contribution in [-0.4, -0.2) is 24.5 Å². The maximum Gasteiger partial charge on any atom is 0.237 e. The topological polar surface area (TPSA) is 69.6 Å². The molecule has 0 amide bonds. The molecule has 0 saturated heterocycles. The van der Waals surface area contributed by atoms with Gasteiger partial charge in [-0.2, -0.15) is 0 Å². The molecular formula is C44H25N5O. The molecule has 0 aliphatic carbocycles. The van der Waals surface area contributed by atoms with Gasteiger partial charge in [-0.15, -0.1) is 0 Å². The fourth-order valence-electron chi connectivity index (χ4n) is 7.61. The van der Waals surface area contributed by atoms with Gasteiger partial charge in [0.1, 0.15) is 16.8 Å². The zero-order valence-electron chi connectivity index (χ0n) is 26.6. The van der Waals surface area contributed by atoms with Crippen molar-refractivity contribution in [1.82, 2.24) is 24.5 Å². The van der Waals surface area contributed by atoms with Gasteiger partial charge in [-0.05, 0) is 48.5 Å². The highest BCUT2D eigenvalue weighted by Gasteiger charge is 2.21. The van der Waals surface area contributed by atoms with Crippen molar-refractivity contribution < 1.29 is 4.42 Å². The van der Waals surface area contributed by atoms with Crippen molar-refractivity contribution in [3.05, 3.63) is 152 Å². The van der Waals surface area contributed by atoms with Gasteiger partial charge < -0.3 is 4.42 Å². The summed E-state index contributed by atoms with van der Waals surface area (Å²) in [5, 5.41) is 8.48. The average Bonchev–Trinajstić information content (AvgIpc) is 3.73. The van der Waals surface area contributed by atoms with Crippen LogP contribution in [0.3, 0.4) is 0 Å². The van der Waals surface area contributed by atoms with Crippen molar-refractivity contribution in [2.75, 3.05) is 0 Å². The second kappa shape index (κ2) is 10.3. The van der Waals surface area contributed by atoms with Crippen LogP contribution in [0, 0.1) is 0 Å². The van der Waals surface area contributed by atoms with Crippen LogP contribution in [0.1, 0.15) is 0 Å². The third-order valence-corrected chi connectivity index (χ3v) is 9.85. The Hall–Kier alpha value is -6.92. The number of para-hydroxylation sites is 3. The number of benzene rings is 6. The SMILES string of the molecule is c1ccc(-c2nc(-n3c4ccc(-c5nc6ccccc6c6c5ccc5c7ccccc7oc56)cc4c4cccnc43)nc3ccccc23)cc1. The lowest BCUT2D eigenvalue weighted by Gasteiger charge is -2.12. The Morgan fingerprint density at radius 2 is 1.16 bits per heavy atom. The van der Waals surface area contributed by atoms with Crippen molar-refractivity contribution >= 4 is 76.5 Å². The van der Waals surface area contributed by atoms with Gasteiger partial charge in [0.05, 0.1) is 27.9 Å². The molecule has 232 valence electrons. The van der Waals surface area contributed by atoms with E-state index in [4.69, 9.17) is 24.4 Å². The first-order valence-electron chi connectivity index (χ1n) is 16.6. The molecule has 50 heavy (non-hydrogen) atoms. The van der Waals surface area contributed by atoms with E-state index in [1.165, 1.54) is 0 Å². The molecule has 0 spiro atoms. The first kappa shape index (κ1) is 27.1. The van der Waals surface area contributed by atoms with Gasteiger partial charge in [-0.3, -0.25) is 4.57 Å². The van der Waals surface area contributed by atoms with E-state index >= 15 is 0 Å². The number of hydrogen-bond acceptors (Lipinski definition) is 5. The molecule has 0 bridgehead atoms. The van der Waals surface area contributed by atoms with Gasteiger partial charge in [0.15, 0.2) is 0 Å². The summed E-state index contributed by atoms with van der Waals surface area (Å²) in [6.07, 6.45) is 1.83. The van der Waals surface area contributed by atoms with Crippen LogP contribution < -0.4 is 0 Å². The molecule has 0 aliphatic rings. The molecule has 11 aromatic rings. The predicted molar refractivity (Wildman–Crippen MR) is 203 cm³/mol. The predicted octanol–water partition coefficient (Wildman–Crippen LogP) is 11.1. The van der Waals surface area contributed by atoms with Gasteiger partial charge in [0, 0.05) is 60.4 Å². The third kappa shape index (κ3) is 3.84. The van der Waals surface area contributed by atoms with Gasteiger partial charge in [0.25, 0.3) is 0 Å². The molecule has 0 atom stereocenters. The van der Waals surface area contributed by atoms with E-state index in [1.807, 2.05) is 66.9 Å². The van der Waals surface area contributed by atoms with E-state index in [-0.39, 0.29) is 0 Å². The Balaban J connectivity index is 1.19. The van der Waals surface area contributed by atoms with E-state index in [0.29, 0.717) is 5.95 Å². The molecule has 5 aromatic heterocycles. The minimum Gasteiger partial charge on any atom is -0.455 e. The van der Waals surface area contributed by atoms with E-state index in [2.05, 4.69) is 89.5 Å². The standard InChI is InChI=1S/C44H25N5O/c1-2-11-26(12-3-1)40-32-15-5-8-18-36(32)47-44(48-40)49-37-23-20-27(25-34(37)30-16-10-24-45-43(30)49)41-33-22-21-29-28-13-6-9-19-38(28)50-42(29)39(33)31-14-4-7-17-35(31)46-41/h1-25H. The van der Waals surface area contributed by atoms with Gasteiger partial charge in [-0.1, -0.05) is 97.1 Å². The summed E-state index contributed by atoms with van der Waals surface area (Å²) in [6, 6.07) is 50.0. The Labute approximate surface area is 284 Å². The minimum absolute atomic E-state index is 0.579. The maximum atomic E-state index is 6.56. The van der Waals surface area contributed by atoms with E-state index in [1.54, 1.807) is 0 Å². The van der Waals surface area contributed by atoms with Crippen molar-refractivity contribution in [3.8, 4) is 28.5 Å². The molecule has 0 saturated carbocycles. The van der Waals surface area contributed by atoms with Crippen LogP contribution in [0.25, 0.3) is 105 Å². The molecule has 0 radical (unpaired) electrons. The molecule has 6 aromatic carbocycles. The number of rotatable bonds is 3. The molecule has 5 heterocycles. The third-order valence-electron chi connectivity index (χ3n) is 9.85. The number of nitrogens with zero attached hydrogens (tertiary/aromatic N) is 5. The summed E-state index contributed by atoms with van der Waals surface area (Å²) in [5.41, 5.74) is 9.17. The minimum atomic E-state index is 0.579. The van der Waals surface area contributed by atoms with Crippen LogP contribution >= 0.6 is 0 Å². The molecule has 0 aliphatic heterocycles. The molecule has 6 nitrogen and oxygen atoms in total. The molecule has 0 fully saturated rings. The lowest BCUT2D eigenvalue weighted by atomic mass is 9.97. The largest absolute Gasteiger partial charge is 0.455 e. The zero-order chi connectivity index (χ0) is 32.8. The Morgan fingerprint density at radius 3 is 2.04 bits per heavy atom. The quantitative estimate of drug-likeness (QED) is 0.180. The lowest BCUT2D eigenvalue weighted by molar-refractivity contribution is 0.673. The number of furan rings is 1. The smallest absolute Gasteiger partial charge is 0.237 e. The van der Waals surface area contributed by atoms with E-state index < -0.39 is 0 Å². The number of hydrogen-bond donors (Lipinski definition) is 0. The highest BCUT2D eigenvalue weighted by atomic mass is 16.3. The van der Waals surface area contributed by atoms with Crippen LogP contribution in [0.2, 0.25) is 0 Å². The Morgan fingerprint density at radius 1 is 0.460 bits per heavy atom. The number of fused-ring (bicyclic) bond motifs is 11. The van der Waals surface area contributed by atoms with Gasteiger partial charge in [-0.25, -0.2) is 19.9 Å². The fraction of sp³-hybridized carbons (Fsp3) is 0. The van der Waals surface area contributed by atoms with Crippen molar-refractivity contribution in [3.63, 3.8) is 0 Å². The highest BCUT2D eigenvalue weighted by molar-refractivity contribution is 6.25. The summed E-state index contributed by atoms with van der Waals surface area (Å²) in [7, 11) is 0. The molecule has 0 unspecified atom stereocenters. The molecule has 11 rings (SSSR count). The van der Waals surface area contributed by atoms with Crippen molar-refractivity contribution in [2.45, 2.75) is 0 Å². The normalized spacial score (nSPS) is 12.0. The Kier molecular flexibility index (Phi) is 5.57. The number of pyridine rings is 2. The molecule has 0 N–H and O–H groups in total. The first-order chi connectivity index (χ1) is 24.8. The van der Waals surface area contributed by atoms with E-state index in [0.717, 1.165) is 99.0 Å².